The number of fused-ring (bicyclic) bond motifs is 3. The van der Waals surface area contributed by atoms with Crippen LogP contribution in [0.15, 0.2) is 29.0 Å². The SMILES string of the molecule is COC(CN(Cc1ccc(O)c2c1C[C@H]1C[C@H]3CC(=O)C(C(N)=O)=C(O)[C@@]3(O)C(=O)C1=C2O)CC(OC)OC)OC. The molecule has 3 atom stereocenters. The van der Waals surface area contributed by atoms with Crippen LogP contribution in [0.4, 0.5) is 0 Å². The summed E-state index contributed by atoms with van der Waals surface area (Å²) in [4.78, 5) is 40.1. The third kappa shape index (κ3) is 5.25. The van der Waals surface area contributed by atoms with Gasteiger partial charge in [-0.05, 0) is 36.0 Å². The van der Waals surface area contributed by atoms with Gasteiger partial charge in [0.05, 0.1) is 18.7 Å². The molecule has 1 saturated carbocycles. The molecule has 224 valence electrons. The van der Waals surface area contributed by atoms with Gasteiger partial charge >= 0.3 is 0 Å². The quantitative estimate of drug-likeness (QED) is 0.180. The Morgan fingerprint density at radius 1 is 1.02 bits per heavy atom. The first-order valence-corrected chi connectivity index (χ1v) is 13.1. The minimum atomic E-state index is -2.61. The summed E-state index contributed by atoms with van der Waals surface area (Å²) in [5, 5.41) is 44.3. The van der Waals surface area contributed by atoms with E-state index in [0.29, 0.717) is 25.2 Å². The Bertz CT molecular complexity index is 1280. The third-order valence-corrected chi connectivity index (χ3v) is 8.30. The lowest BCUT2D eigenvalue weighted by molar-refractivity contribution is -0.148. The number of amides is 1. The van der Waals surface area contributed by atoms with Crippen LogP contribution in [0.2, 0.25) is 0 Å². The summed E-state index contributed by atoms with van der Waals surface area (Å²) >= 11 is 0. The van der Waals surface area contributed by atoms with Crippen LogP contribution in [0.5, 0.6) is 5.75 Å². The molecule has 1 aromatic rings. The average Bonchev–Trinajstić information content (AvgIpc) is 2.93. The van der Waals surface area contributed by atoms with Gasteiger partial charge in [-0.25, -0.2) is 0 Å². The van der Waals surface area contributed by atoms with Gasteiger partial charge in [0.15, 0.2) is 24.0 Å². The van der Waals surface area contributed by atoms with Gasteiger partial charge in [-0.15, -0.1) is 0 Å². The molecule has 13 nitrogen and oxygen atoms in total. The van der Waals surface area contributed by atoms with Crippen molar-refractivity contribution in [3.8, 4) is 5.75 Å². The Balaban J connectivity index is 1.78. The molecule has 1 aromatic carbocycles. The number of ether oxygens (including phenoxy) is 4. The summed E-state index contributed by atoms with van der Waals surface area (Å²) in [6, 6.07) is 3.10. The Labute approximate surface area is 236 Å². The summed E-state index contributed by atoms with van der Waals surface area (Å²) in [5.74, 6) is -6.68. The number of nitrogens with two attached hydrogens (primary N) is 1. The lowest BCUT2D eigenvalue weighted by Crippen LogP contribution is -2.58. The van der Waals surface area contributed by atoms with Crippen molar-refractivity contribution in [2.75, 3.05) is 41.5 Å². The summed E-state index contributed by atoms with van der Waals surface area (Å²) in [7, 11) is 6.06. The van der Waals surface area contributed by atoms with Crippen LogP contribution in [0.1, 0.15) is 29.5 Å². The summed E-state index contributed by atoms with van der Waals surface area (Å²) < 4.78 is 21.5. The van der Waals surface area contributed by atoms with Gasteiger partial charge in [0.25, 0.3) is 5.91 Å². The Morgan fingerprint density at radius 3 is 2.15 bits per heavy atom. The van der Waals surface area contributed by atoms with Crippen LogP contribution in [0.3, 0.4) is 0 Å². The third-order valence-electron chi connectivity index (χ3n) is 8.30. The summed E-state index contributed by atoms with van der Waals surface area (Å²) in [5.41, 5.74) is 2.95. The van der Waals surface area contributed by atoms with Gasteiger partial charge < -0.3 is 45.1 Å². The molecule has 1 fully saturated rings. The molecule has 0 aromatic heterocycles. The number of aliphatic hydroxyl groups is 3. The normalized spacial score (nSPS) is 24.3. The number of aromatic hydroxyl groups is 1. The second-order valence-electron chi connectivity index (χ2n) is 10.5. The van der Waals surface area contributed by atoms with E-state index in [1.54, 1.807) is 6.07 Å². The van der Waals surface area contributed by atoms with E-state index in [9.17, 15) is 34.8 Å². The molecule has 0 unspecified atom stereocenters. The molecule has 0 bridgehead atoms. The molecule has 6 N–H and O–H groups in total. The van der Waals surface area contributed by atoms with E-state index in [-0.39, 0.29) is 36.1 Å². The molecule has 0 heterocycles. The van der Waals surface area contributed by atoms with Crippen LogP contribution in [0, 0.1) is 11.8 Å². The van der Waals surface area contributed by atoms with E-state index in [1.807, 2.05) is 4.90 Å². The lowest BCUT2D eigenvalue weighted by atomic mass is 9.59. The number of phenolic OH excluding ortho intramolecular Hbond substituents is 1. The van der Waals surface area contributed by atoms with Crippen LogP contribution in [-0.2, 0) is 46.3 Å². The van der Waals surface area contributed by atoms with Gasteiger partial charge in [0.2, 0.25) is 5.78 Å². The van der Waals surface area contributed by atoms with Crippen molar-refractivity contribution < 1.29 is 53.8 Å². The van der Waals surface area contributed by atoms with Gasteiger partial charge in [0.1, 0.15) is 22.8 Å². The van der Waals surface area contributed by atoms with Crippen molar-refractivity contribution in [3.63, 3.8) is 0 Å². The highest BCUT2D eigenvalue weighted by Crippen LogP contribution is 2.52. The number of hydrogen-bond acceptors (Lipinski definition) is 12. The van der Waals surface area contributed by atoms with Crippen LogP contribution >= 0.6 is 0 Å². The predicted octanol–water partition coefficient (Wildman–Crippen LogP) is 0.464. The monoisotopic (exact) mass is 576 g/mol. The second-order valence-corrected chi connectivity index (χ2v) is 10.5. The molecule has 13 heteroatoms. The number of rotatable bonds is 11. The van der Waals surface area contributed by atoms with Gasteiger partial charge in [-0.3, -0.25) is 19.3 Å². The van der Waals surface area contributed by atoms with E-state index >= 15 is 0 Å². The van der Waals surface area contributed by atoms with Crippen molar-refractivity contribution in [1.29, 1.82) is 0 Å². The van der Waals surface area contributed by atoms with E-state index in [0.717, 1.165) is 5.56 Å². The zero-order chi connectivity index (χ0) is 30.2. The first-order chi connectivity index (χ1) is 19.4. The number of carbonyl (C=O) groups excluding carboxylic acids is 3. The number of primary amides is 1. The second kappa shape index (κ2) is 11.9. The maximum absolute atomic E-state index is 13.7. The molecule has 0 saturated heterocycles. The average molecular weight is 577 g/mol. The number of carbonyl (C=O) groups is 3. The molecule has 41 heavy (non-hydrogen) atoms. The van der Waals surface area contributed by atoms with Gasteiger partial charge in [-0.1, -0.05) is 6.07 Å². The largest absolute Gasteiger partial charge is 0.508 e. The molecular weight excluding hydrogens is 540 g/mol. The Kier molecular flexibility index (Phi) is 8.87. The lowest BCUT2D eigenvalue weighted by Gasteiger charge is -2.46. The predicted molar refractivity (Wildman–Crippen MR) is 142 cm³/mol. The maximum atomic E-state index is 13.7. The highest BCUT2D eigenvalue weighted by molar-refractivity contribution is 6.22. The van der Waals surface area contributed by atoms with Crippen LogP contribution in [-0.4, -0.2) is 103 Å². The van der Waals surface area contributed by atoms with E-state index in [1.165, 1.54) is 34.5 Å². The summed E-state index contributed by atoms with van der Waals surface area (Å²) in [6.45, 7) is 0.952. The molecule has 1 amide bonds. The zero-order valence-corrected chi connectivity index (χ0v) is 23.4. The number of hydrogen-bond donors (Lipinski definition) is 5. The van der Waals surface area contributed by atoms with Crippen molar-refractivity contribution >= 4 is 23.2 Å². The van der Waals surface area contributed by atoms with Crippen LogP contribution < -0.4 is 5.73 Å². The van der Waals surface area contributed by atoms with Crippen molar-refractivity contribution in [2.24, 2.45) is 17.6 Å². The molecule has 0 spiro atoms. The number of aliphatic hydroxyl groups excluding tert-OH is 2. The first-order valence-electron chi connectivity index (χ1n) is 13.1. The van der Waals surface area contributed by atoms with Crippen LogP contribution in [0.25, 0.3) is 5.76 Å². The fraction of sp³-hybridized carbons (Fsp3) is 0.536. The van der Waals surface area contributed by atoms with E-state index < -0.39 is 64.6 Å². The smallest absolute Gasteiger partial charge is 0.255 e. The van der Waals surface area contributed by atoms with Crippen molar-refractivity contribution in [3.05, 3.63) is 45.7 Å². The van der Waals surface area contributed by atoms with Crippen molar-refractivity contribution in [1.82, 2.24) is 4.90 Å². The number of Topliss-reactive ketones (excluding diaryl/α,β-unsaturated/α-hetero) is 2. The number of methoxy groups -OCH3 is 4. The molecule has 3 aliphatic rings. The Morgan fingerprint density at radius 2 is 1.61 bits per heavy atom. The molecule has 3 aliphatic carbocycles. The van der Waals surface area contributed by atoms with E-state index in [2.05, 4.69) is 0 Å². The molecule has 4 rings (SSSR count). The number of phenols is 1. The fourth-order valence-electron chi connectivity index (χ4n) is 6.19. The molecular formula is C28H36N2O11. The molecule has 0 radical (unpaired) electrons. The fourth-order valence-corrected chi connectivity index (χ4v) is 6.19. The first kappa shape index (κ1) is 30.6. The van der Waals surface area contributed by atoms with E-state index in [4.69, 9.17) is 24.7 Å². The highest BCUT2D eigenvalue weighted by atomic mass is 16.7. The molecule has 0 aliphatic heterocycles. The highest BCUT2D eigenvalue weighted by Gasteiger charge is 2.60. The van der Waals surface area contributed by atoms with Crippen molar-refractivity contribution in [2.45, 2.75) is 44.0 Å². The standard InChI is InChI=1S/C28H36N2O11/c1-38-19(39-2)11-30(12-20(40-3)41-4)10-13-5-6-17(31)22-16(13)8-14-7-15-9-18(32)23(27(29)36)26(35)28(15,37)25(34)21(14)24(22)33/h5-6,14-15,19-20,31,33,35,37H,7-12H2,1-4H3,(H2,29,36)/t14-,15+,28+/m1/s1. The minimum absolute atomic E-state index is 0.0275. The number of ketones is 2. The maximum Gasteiger partial charge on any atom is 0.255 e. The Hall–Kier alpha value is -3.33. The number of nitrogens with zero attached hydrogens (tertiary/aromatic N) is 1. The summed E-state index contributed by atoms with van der Waals surface area (Å²) in [6.07, 6.45) is -1.27. The zero-order valence-electron chi connectivity index (χ0n) is 23.4. The minimum Gasteiger partial charge on any atom is -0.508 e. The number of benzene rings is 1. The topological polar surface area (TPSA) is 198 Å². The van der Waals surface area contributed by atoms with Gasteiger partial charge in [0, 0.05) is 52.9 Å². The van der Waals surface area contributed by atoms with Gasteiger partial charge in [-0.2, -0.15) is 0 Å².